The number of aliphatic imine (C=N–C) groups is 1. The summed E-state index contributed by atoms with van der Waals surface area (Å²) in [6.45, 7) is 1.34. The molecule has 0 aromatic heterocycles. The smallest absolute Gasteiger partial charge is 0.352 e. The first-order chi connectivity index (χ1) is 5.47. The normalized spacial score (nSPS) is 23.3. The summed E-state index contributed by atoms with van der Waals surface area (Å²) in [7, 11) is 0. The van der Waals surface area contributed by atoms with Crippen LogP contribution in [0.5, 0.6) is 0 Å². The lowest BCUT2D eigenvalue weighted by Crippen LogP contribution is -2.41. The van der Waals surface area contributed by atoms with Gasteiger partial charge >= 0.3 is 6.18 Å². The number of alkyl halides is 3. The molecular formula is C6H10F3N3. The van der Waals surface area contributed by atoms with Gasteiger partial charge in [0, 0.05) is 6.04 Å². The second-order valence-electron chi connectivity index (χ2n) is 2.70. The van der Waals surface area contributed by atoms with Crippen LogP contribution in [0.2, 0.25) is 0 Å². The van der Waals surface area contributed by atoms with Crippen molar-refractivity contribution in [2.75, 3.05) is 13.1 Å². The molecule has 0 fully saturated rings. The van der Waals surface area contributed by atoms with Crippen molar-refractivity contribution < 1.29 is 13.2 Å². The molecule has 0 aliphatic carbocycles. The van der Waals surface area contributed by atoms with Gasteiger partial charge in [0.1, 0.15) is 6.54 Å². The number of rotatable bonds is 1. The maximum absolute atomic E-state index is 11.7. The zero-order valence-electron chi connectivity index (χ0n) is 6.57. The molecule has 0 spiro atoms. The van der Waals surface area contributed by atoms with Crippen molar-refractivity contribution in [1.82, 2.24) is 10.6 Å². The quantitative estimate of drug-likeness (QED) is 0.617. The summed E-state index contributed by atoms with van der Waals surface area (Å²) >= 11 is 0. The van der Waals surface area contributed by atoms with Crippen LogP contribution in [0.15, 0.2) is 4.99 Å². The largest absolute Gasteiger partial charge is 0.405 e. The lowest BCUT2D eigenvalue weighted by Gasteiger charge is -2.10. The number of guanidine groups is 1. The van der Waals surface area contributed by atoms with E-state index in [1.807, 2.05) is 6.92 Å². The lowest BCUT2D eigenvalue weighted by molar-refractivity contribution is -0.122. The van der Waals surface area contributed by atoms with Crippen molar-refractivity contribution in [1.29, 1.82) is 0 Å². The van der Waals surface area contributed by atoms with Crippen LogP contribution >= 0.6 is 0 Å². The Kier molecular flexibility index (Phi) is 2.44. The fraction of sp³-hybridized carbons (Fsp3) is 0.833. The average Bonchev–Trinajstić information content (AvgIpc) is 2.30. The lowest BCUT2D eigenvalue weighted by atomic mass is 10.4. The molecule has 12 heavy (non-hydrogen) atoms. The van der Waals surface area contributed by atoms with E-state index in [9.17, 15) is 13.2 Å². The van der Waals surface area contributed by atoms with Gasteiger partial charge in [0.05, 0.1) is 6.54 Å². The zero-order valence-corrected chi connectivity index (χ0v) is 6.57. The first kappa shape index (κ1) is 9.15. The monoisotopic (exact) mass is 181 g/mol. The van der Waals surface area contributed by atoms with Crippen molar-refractivity contribution in [3.8, 4) is 0 Å². The molecule has 0 aromatic carbocycles. The Morgan fingerprint density at radius 3 is 2.75 bits per heavy atom. The van der Waals surface area contributed by atoms with Gasteiger partial charge in [0.2, 0.25) is 0 Å². The van der Waals surface area contributed by atoms with Crippen LogP contribution in [0.1, 0.15) is 6.92 Å². The van der Waals surface area contributed by atoms with Crippen LogP contribution in [0.4, 0.5) is 13.2 Å². The first-order valence-corrected chi connectivity index (χ1v) is 3.59. The van der Waals surface area contributed by atoms with E-state index < -0.39 is 12.7 Å². The minimum atomic E-state index is -4.18. The summed E-state index contributed by atoms with van der Waals surface area (Å²) < 4.78 is 35.0. The van der Waals surface area contributed by atoms with Crippen molar-refractivity contribution in [2.45, 2.75) is 19.1 Å². The van der Waals surface area contributed by atoms with E-state index >= 15 is 0 Å². The van der Waals surface area contributed by atoms with Crippen LogP contribution in [0, 0.1) is 0 Å². The number of hydrogen-bond donors (Lipinski definition) is 2. The summed E-state index contributed by atoms with van der Waals surface area (Å²) in [5.74, 6) is 0.236. The molecule has 1 aliphatic rings. The van der Waals surface area contributed by atoms with Gasteiger partial charge < -0.3 is 10.6 Å². The Hall–Kier alpha value is -0.940. The fourth-order valence-corrected chi connectivity index (χ4v) is 0.844. The predicted molar refractivity (Wildman–Crippen MR) is 39.0 cm³/mol. The number of nitrogens with zero attached hydrogens (tertiary/aromatic N) is 1. The molecule has 1 rings (SSSR count). The minimum Gasteiger partial charge on any atom is -0.352 e. The molecule has 1 atom stereocenters. The molecule has 2 N–H and O–H groups in total. The van der Waals surface area contributed by atoms with E-state index in [1.165, 1.54) is 0 Å². The van der Waals surface area contributed by atoms with Crippen LogP contribution in [-0.2, 0) is 0 Å². The van der Waals surface area contributed by atoms with Gasteiger partial charge in [0.25, 0.3) is 0 Å². The van der Waals surface area contributed by atoms with Gasteiger partial charge in [0.15, 0.2) is 5.96 Å². The third-order valence-electron chi connectivity index (χ3n) is 1.36. The van der Waals surface area contributed by atoms with E-state index in [0.29, 0.717) is 6.54 Å². The predicted octanol–water partition coefficient (Wildman–Crippen LogP) is 0.486. The molecule has 70 valence electrons. The highest BCUT2D eigenvalue weighted by molar-refractivity contribution is 5.81. The van der Waals surface area contributed by atoms with Crippen LogP contribution in [0.25, 0.3) is 0 Å². The Bertz CT molecular complexity index is 187. The molecule has 6 heteroatoms. The molecule has 0 saturated carbocycles. The van der Waals surface area contributed by atoms with E-state index in [-0.39, 0.29) is 12.0 Å². The van der Waals surface area contributed by atoms with Gasteiger partial charge in [-0.15, -0.1) is 0 Å². The second-order valence-corrected chi connectivity index (χ2v) is 2.70. The van der Waals surface area contributed by atoms with Gasteiger partial charge in [-0.2, -0.15) is 13.2 Å². The molecule has 0 amide bonds. The fourth-order valence-electron chi connectivity index (χ4n) is 0.844. The van der Waals surface area contributed by atoms with Crippen molar-refractivity contribution in [3.05, 3.63) is 0 Å². The summed E-state index contributed by atoms with van der Waals surface area (Å²) in [6, 6.07) is 0.126. The average molecular weight is 181 g/mol. The van der Waals surface area contributed by atoms with Gasteiger partial charge in [-0.3, -0.25) is 4.99 Å². The van der Waals surface area contributed by atoms with E-state index in [0.717, 1.165) is 0 Å². The summed E-state index contributed by atoms with van der Waals surface area (Å²) in [5.41, 5.74) is 0. The van der Waals surface area contributed by atoms with Crippen molar-refractivity contribution in [3.63, 3.8) is 0 Å². The van der Waals surface area contributed by atoms with Crippen LogP contribution in [0.3, 0.4) is 0 Å². The second kappa shape index (κ2) is 3.20. The molecular weight excluding hydrogens is 171 g/mol. The van der Waals surface area contributed by atoms with Crippen molar-refractivity contribution in [2.24, 2.45) is 4.99 Å². The van der Waals surface area contributed by atoms with E-state index in [4.69, 9.17) is 0 Å². The van der Waals surface area contributed by atoms with Crippen molar-refractivity contribution >= 4 is 5.96 Å². The van der Waals surface area contributed by atoms with Gasteiger partial charge in [-0.05, 0) is 6.92 Å². The minimum absolute atomic E-state index is 0.126. The molecule has 0 bridgehead atoms. The number of hydrogen-bond acceptors (Lipinski definition) is 3. The Morgan fingerprint density at radius 2 is 2.33 bits per heavy atom. The number of halogens is 3. The van der Waals surface area contributed by atoms with Crippen LogP contribution in [-0.4, -0.2) is 31.3 Å². The molecule has 0 aromatic rings. The number of nitrogens with one attached hydrogen (secondary N) is 2. The zero-order chi connectivity index (χ0) is 9.19. The maximum Gasteiger partial charge on any atom is 0.405 e. The molecule has 3 nitrogen and oxygen atoms in total. The molecule has 0 saturated heterocycles. The Morgan fingerprint density at radius 1 is 1.67 bits per heavy atom. The van der Waals surface area contributed by atoms with Gasteiger partial charge in [-0.1, -0.05) is 0 Å². The highest BCUT2D eigenvalue weighted by Gasteiger charge is 2.28. The summed E-state index contributed by atoms with van der Waals surface area (Å²) in [5, 5.41) is 4.93. The first-order valence-electron chi connectivity index (χ1n) is 3.59. The van der Waals surface area contributed by atoms with E-state index in [2.05, 4.69) is 15.6 Å². The highest BCUT2D eigenvalue weighted by atomic mass is 19.4. The molecule has 0 radical (unpaired) electrons. The summed E-state index contributed by atoms with van der Waals surface area (Å²) in [4.78, 5) is 3.81. The molecule has 1 heterocycles. The van der Waals surface area contributed by atoms with Crippen LogP contribution < -0.4 is 10.6 Å². The molecule has 1 unspecified atom stereocenters. The Labute approximate surface area is 68.0 Å². The van der Waals surface area contributed by atoms with E-state index in [1.54, 1.807) is 0 Å². The maximum atomic E-state index is 11.7. The highest BCUT2D eigenvalue weighted by Crippen LogP contribution is 2.12. The third kappa shape index (κ3) is 2.98. The topological polar surface area (TPSA) is 36.4 Å². The standard InChI is InChI=1S/C6H10F3N3/c1-4-2-10-5(12-4)11-3-6(7,8)9/h4H,2-3H2,1H3,(H2,10,11,12). The summed E-state index contributed by atoms with van der Waals surface area (Å²) in [6.07, 6.45) is -4.18. The molecule has 1 aliphatic heterocycles. The van der Waals surface area contributed by atoms with Gasteiger partial charge in [-0.25, -0.2) is 0 Å². The Balaban J connectivity index is 2.25. The third-order valence-corrected chi connectivity index (χ3v) is 1.36. The SMILES string of the molecule is CC1CN=C(NCC(F)(F)F)N1.